The Balaban J connectivity index is 1.72. The van der Waals surface area contributed by atoms with E-state index in [9.17, 15) is 20.2 Å². The molecule has 2 N–H and O–H groups in total. The quantitative estimate of drug-likeness (QED) is 0.467. The largest absolute Gasteiger partial charge is 0.489 e. The summed E-state index contributed by atoms with van der Waals surface area (Å²) in [6.07, 6.45) is 1.62. The Kier molecular flexibility index (Phi) is 5.97. The van der Waals surface area contributed by atoms with Crippen LogP contribution >= 0.6 is 15.9 Å². The number of hydrogen-bond donors (Lipinski definition) is 1. The number of nitro groups is 1. The molecule has 0 saturated heterocycles. The summed E-state index contributed by atoms with van der Waals surface area (Å²) < 4.78 is 12.4. The Hall–Kier alpha value is -3.64. The minimum Gasteiger partial charge on any atom is -0.489 e. The zero-order valence-corrected chi connectivity index (χ0v) is 18.4. The van der Waals surface area contributed by atoms with E-state index >= 15 is 0 Å². The normalized spacial score (nSPS) is 18.0. The molecule has 0 fully saturated rings. The maximum absolute atomic E-state index is 12.8. The van der Waals surface area contributed by atoms with Crippen LogP contribution in [0, 0.1) is 21.4 Å². The van der Waals surface area contributed by atoms with Crippen molar-refractivity contribution < 1.29 is 19.2 Å². The van der Waals surface area contributed by atoms with Gasteiger partial charge in [-0.15, -0.1) is 0 Å². The monoisotopic (exact) mass is 495 g/mol. The predicted octanol–water partition coefficient (Wildman–Crippen LogP) is 4.75. The first-order valence-corrected chi connectivity index (χ1v) is 10.7. The van der Waals surface area contributed by atoms with E-state index in [4.69, 9.17) is 15.2 Å². The number of hydrogen-bond acceptors (Lipinski definition) is 7. The van der Waals surface area contributed by atoms with E-state index in [2.05, 4.69) is 22.0 Å². The Labute approximate surface area is 192 Å². The second kappa shape index (κ2) is 8.85. The Morgan fingerprint density at radius 2 is 2.00 bits per heavy atom. The average Bonchev–Trinajstić information content (AvgIpc) is 2.77. The number of nitriles is 1. The molecule has 4 rings (SSSR count). The average molecular weight is 496 g/mol. The number of nitro benzene ring substituents is 1. The Morgan fingerprint density at radius 1 is 1.25 bits per heavy atom. The fourth-order valence-electron chi connectivity index (χ4n) is 3.92. The molecule has 0 bridgehead atoms. The van der Waals surface area contributed by atoms with Crippen molar-refractivity contribution in [3.63, 3.8) is 0 Å². The Bertz CT molecular complexity index is 1210. The molecule has 8 nitrogen and oxygen atoms in total. The topological polar surface area (TPSA) is 128 Å². The maximum Gasteiger partial charge on any atom is 0.269 e. The van der Waals surface area contributed by atoms with Crippen molar-refractivity contribution in [1.82, 2.24) is 0 Å². The number of Topliss-reactive ketones (excluding diaryl/α,β-unsaturated/α-hetero) is 1. The summed E-state index contributed by atoms with van der Waals surface area (Å²) in [5.41, 5.74) is 8.00. The number of ketones is 1. The van der Waals surface area contributed by atoms with Gasteiger partial charge < -0.3 is 15.2 Å². The third kappa shape index (κ3) is 4.09. The molecule has 0 saturated carbocycles. The molecule has 1 aliphatic heterocycles. The minimum absolute atomic E-state index is 0.00478. The fraction of sp³-hybridized carbons (Fsp3) is 0.217. The summed E-state index contributed by atoms with van der Waals surface area (Å²) >= 11 is 3.46. The molecular formula is C23H18BrN3O5. The van der Waals surface area contributed by atoms with E-state index in [1.807, 2.05) is 0 Å². The highest BCUT2D eigenvalue weighted by atomic mass is 79.9. The molecule has 162 valence electrons. The lowest BCUT2D eigenvalue weighted by atomic mass is 9.77. The molecule has 32 heavy (non-hydrogen) atoms. The molecule has 1 aliphatic carbocycles. The molecule has 0 aromatic heterocycles. The first-order chi connectivity index (χ1) is 15.4. The van der Waals surface area contributed by atoms with Crippen LogP contribution in [-0.4, -0.2) is 10.7 Å². The van der Waals surface area contributed by atoms with Crippen LogP contribution in [0.5, 0.6) is 5.75 Å². The van der Waals surface area contributed by atoms with Crippen LogP contribution in [-0.2, 0) is 16.1 Å². The number of nitrogens with two attached hydrogens (primary N) is 1. The van der Waals surface area contributed by atoms with Crippen LogP contribution in [0.3, 0.4) is 0 Å². The summed E-state index contributed by atoms with van der Waals surface area (Å²) in [6, 6.07) is 13.5. The summed E-state index contributed by atoms with van der Waals surface area (Å²) in [5.74, 6) is 0.208. The first-order valence-electron chi connectivity index (χ1n) is 9.88. The molecule has 0 radical (unpaired) electrons. The van der Waals surface area contributed by atoms with Crippen LogP contribution in [0.1, 0.15) is 36.3 Å². The van der Waals surface area contributed by atoms with Gasteiger partial charge in [-0.2, -0.15) is 5.26 Å². The standard InChI is InChI=1S/C23H18BrN3O5/c24-14-6-9-19(31-12-13-4-7-15(8-5-13)27(29)30)16(10-14)21-17(11-25)23(26)32-20-3-1-2-18(28)22(20)21/h4-10,21H,1-3,12,26H2/t21-/m0/s1. The fourth-order valence-corrected chi connectivity index (χ4v) is 4.30. The van der Waals surface area contributed by atoms with Crippen LogP contribution in [0.25, 0.3) is 0 Å². The molecule has 2 aromatic carbocycles. The Morgan fingerprint density at radius 3 is 2.69 bits per heavy atom. The zero-order valence-electron chi connectivity index (χ0n) is 16.8. The van der Waals surface area contributed by atoms with Crippen molar-refractivity contribution in [2.75, 3.05) is 0 Å². The third-order valence-corrected chi connectivity index (χ3v) is 5.92. The lowest BCUT2D eigenvalue weighted by Gasteiger charge is -2.31. The molecule has 0 unspecified atom stereocenters. The van der Waals surface area contributed by atoms with Crippen molar-refractivity contribution in [2.45, 2.75) is 31.8 Å². The van der Waals surface area contributed by atoms with Gasteiger partial charge in [0.15, 0.2) is 5.78 Å². The van der Waals surface area contributed by atoms with E-state index in [1.54, 1.807) is 30.3 Å². The van der Waals surface area contributed by atoms with Crippen LogP contribution in [0.4, 0.5) is 5.69 Å². The highest BCUT2D eigenvalue weighted by molar-refractivity contribution is 9.10. The number of benzene rings is 2. The van der Waals surface area contributed by atoms with E-state index in [-0.39, 0.29) is 29.5 Å². The molecular weight excluding hydrogens is 478 g/mol. The maximum atomic E-state index is 12.8. The van der Waals surface area contributed by atoms with Gasteiger partial charge in [0.1, 0.15) is 29.8 Å². The van der Waals surface area contributed by atoms with Gasteiger partial charge in [0.2, 0.25) is 5.88 Å². The number of carbonyl (C=O) groups excluding carboxylic acids is 1. The van der Waals surface area contributed by atoms with Gasteiger partial charge in [-0.25, -0.2) is 0 Å². The number of non-ortho nitro benzene ring substituents is 1. The van der Waals surface area contributed by atoms with Gasteiger partial charge in [0.05, 0.1) is 10.8 Å². The molecule has 0 spiro atoms. The SMILES string of the molecule is N#CC1=C(N)OC2=C(C(=O)CCC2)[C@H]1c1cc(Br)ccc1OCc1ccc([N+](=O)[O-])cc1. The highest BCUT2D eigenvalue weighted by Gasteiger charge is 2.39. The van der Waals surface area contributed by atoms with Crippen molar-refractivity contribution in [2.24, 2.45) is 5.73 Å². The molecule has 9 heteroatoms. The van der Waals surface area contributed by atoms with E-state index < -0.39 is 10.8 Å². The van der Waals surface area contributed by atoms with Gasteiger partial charge in [-0.05, 0) is 42.3 Å². The minimum atomic E-state index is -0.694. The lowest BCUT2D eigenvalue weighted by molar-refractivity contribution is -0.384. The molecule has 0 amide bonds. The highest BCUT2D eigenvalue weighted by Crippen LogP contribution is 2.46. The van der Waals surface area contributed by atoms with Crippen LogP contribution in [0.2, 0.25) is 0 Å². The van der Waals surface area contributed by atoms with Gasteiger partial charge in [-0.3, -0.25) is 14.9 Å². The molecule has 1 atom stereocenters. The van der Waals surface area contributed by atoms with Crippen LogP contribution in [0.15, 0.2) is 69.7 Å². The van der Waals surface area contributed by atoms with E-state index in [1.165, 1.54) is 12.1 Å². The number of ether oxygens (including phenoxy) is 2. The number of halogens is 1. The van der Waals surface area contributed by atoms with Crippen molar-refractivity contribution >= 4 is 27.4 Å². The van der Waals surface area contributed by atoms with Gasteiger partial charge in [-0.1, -0.05) is 15.9 Å². The summed E-state index contributed by atoms with van der Waals surface area (Å²) in [5, 5.41) is 20.7. The summed E-state index contributed by atoms with van der Waals surface area (Å²) in [7, 11) is 0. The lowest BCUT2D eigenvalue weighted by Crippen LogP contribution is -2.27. The number of rotatable bonds is 5. The number of carbonyl (C=O) groups is 1. The number of nitrogens with zero attached hydrogens (tertiary/aromatic N) is 2. The molecule has 2 aliphatic rings. The van der Waals surface area contributed by atoms with Gasteiger partial charge >= 0.3 is 0 Å². The second-order valence-corrected chi connectivity index (χ2v) is 8.35. The molecule has 2 aromatic rings. The van der Waals surface area contributed by atoms with Gasteiger partial charge in [0, 0.05) is 40.6 Å². The second-order valence-electron chi connectivity index (χ2n) is 7.43. The van der Waals surface area contributed by atoms with Crippen molar-refractivity contribution in [1.29, 1.82) is 5.26 Å². The third-order valence-electron chi connectivity index (χ3n) is 5.43. The van der Waals surface area contributed by atoms with Crippen molar-refractivity contribution in [3.05, 3.63) is 91.0 Å². The smallest absolute Gasteiger partial charge is 0.269 e. The van der Waals surface area contributed by atoms with Crippen molar-refractivity contribution in [3.8, 4) is 11.8 Å². The summed E-state index contributed by atoms with van der Waals surface area (Å²) in [6.45, 7) is 0.150. The van der Waals surface area contributed by atoms with E-state index in [0.29, 0.717) is 41.9 Å². The predicted molar refractivity (Wildman–Crippen MR) is 118 cm³/mol. The number of allylic oxidation sites excluding steroid dienone is 3. The molecule has 1 heterocycles. The summed E-state index contributed by atoms with van der Waals surface area (Å²) in [4.78, 5) is 23.2. The first kappa shape index (κ1) is 21.6. The van der Waals surface area contributed by atoms with Gasteiger partial charge in [0.25, 0.3) is 5.69 Å². The zero-order chi connectivity index (χ0) is 22.8. The van der Waals surface area contributed by atoms with Crippen LogP contribution < -0.4 is 10.5 Å². The van der Waals surface area contributed by atoms with E-state index in [0.717, 1.165) is 10.0 Å².